The Hall–Kier alpha value is -1.52. The van der Waals surface area contributed by atoms with Crippen LogP contribution in [0.3, 0.4) is 0 Å². The molecule has 1 fully saturated rings. The monoisotopic (exact) mass is 242 g/mol. The number of rotatable bonds is 3. The van der Waals surface area contributed by atoms with Gasteiger partial charge in [-0.2, -0.15) is 18.3 Å². The summed E-state index contributed by atoms with van der Waals surface area (Å²) in [4.78, 5) is 0. The molecular weight excluding hydrogens is 229 g/mol. The van der Waals surface area contributed by atoms with Crippen molar-refractivity contribution in [3.63, 3.8) is 0 Å². The fourth-order valence-corrected chi connectivity index (χ4v) is 1.51. The number of halogens is 3. The van der Waals surface area contributed by atoms with Crippen LogP contribution in [0.2, 0.25) is 0 Å². The van der Waals surface area contributed by atoms with E-state index in [1.165, 1.54) is 6.07 Å². The number of anilines is 1. The van der Waals surface area contributed by atoms with Crippen molar-refractivity contribution in [2.45, 2.75) is 25.9 Å². The van der Waals surface area contributed by atoms with Crippen LogP contribution in [0.15, 0.2) is 29.4 Å². The summed E-state index contributed by atoms with van der Waals surface area (Å²) in [6.45, 7) is 1.89. The fourth-order valence-electron chi connectivity index (χ4n) is 1.51. The first-order valence-electron chi connectivity index (χ1n) is 5.44. The molecule has 0 bridgehead atoms. The van der Waals surface area contributed by atoms with Gasteiger partial charge in [0.15, 0.2) is 0 Å². The summed E-state index contributed by atoms with van der Waals surface area (Å²) in [5, 5.41) is 4.08. The van der Waals surface area contributed by atoms with Gasteiger partial charge in [0.1, 0.15) is 0 Å². The van der Waals surface area contributed by atoms with Crippen LogP contribution in [0.4, 0.5) is 18.9 Å². The van der Waals surface area contributed by atoms with Gasteiger partial charge < -0.3 is 0 Å². The molecule has 0 heterocycles. The van der Waals surface area contributed by atoms with Crippen LogP contribution in [-0.2, 0) is 6.18 Å². The Balaban J connectivity index is 2.08. The smallest absolute Gasteiger partial charge is 0.279 e. The van der Waals surface area contributed by atoms with E-state index in [9.17, 15) is 13.2 Å². The Bertz CT molecular complexity index is 434. The largest absolute Gasteiger partial charge is 0.416 e. The van der Waals surface area contributed by atoms with Crippen molar-refractivity contribution in [2.24, 2.45) is 11.0 Å². The summed E-state index contributed by atoms with van der Waals surface area (Å²) >= 11 is 0. The minimum absolute atomic E-state index is 0.361. The van der Waals surface area contributed by atoms with Crippen LogP contribution < -0.4 is 5.43 Å². The van der Waals surface area contributed by atoms with E-state index in [1.54, 1.807) is 6.07 Å². The number of nitrogens with one attached hydrogen (secondary N) is 1. The molecule has 0 saturated heterocycles. The third-order valence-corrected chi connectivity index (χ3v) is 2.72. The molecule has 0 radical (unpaired) electrons. The second-order valence-corrected chi connectivity index (χ2v) is 4.22. The van der Waals surface area contributed by atoms with E-state index in [4.69, 9.17) is 0 Å². The molecule has 1 N–H and O–H groups in total. The van der Waals surface area contributed by atoms with Crippen LogP contribution in [0.5, 0.6) is 0 Å². The predicted molar refractivity (Wildman–Crippen MR) is 60.9 cm³/mol. The molecule has 1 aliphatic rings. The number of nitrogens with zero attached hydrogens (tertiary/aromatic N) is 1. The van der Waals surface area contributed by atoms with E-state index in [-0.39, 0.29) is 0 Å². The average molecular weight is 242 g/mol. The van der Waals surface area contributed by atoms with E-state index >= 15 is 0 Å². The van der Waals surface area contributed by atoms with Crippen molar-refractivity contribution in [2.75, 3.05) is 5.43 Å². The van der Waals surface area contributed by atoms with Crippen LogP contribution in [-0.4, -0.2) is 5.71 Å². The van der Waals surface area contributed by atoms with Crippen molar-refractivity contribution in [3.05, 3.63) is 29.8 Å². The minimum Gasteiger partial charge on any atom is -0.279 e. The lowest BCUT2D eigenvalue weighted by Crippen LogP contribution is -2.05. The highest BCUT2D eigenvalue weighted by Gasteiger charge is 2.30. The molecule has 0 atom stereocenters. The Morgan fingerprint density at radius 1 is 1.35 bits per heavy atom. The molecule has 0 aromatic heterocycles. The molecule has 92 valence electrons. The summed E-state index contributed by atoms with van der Waals surface area (Å²) in [5.74, 6) is 0.508. The SMILES string of the molecule is C/C(=N/Nc1cccc(C(F)(F)F)c1)C1CC1. The molecule has 1 aliphatic carbocycles. The molecule has 0 amide bonds. The Morgan fingerprint density at radius 3 is 2.65 bits per heavy atom. The lowest BCUT2D eigenvalue weighted by atomic mass is 10.2. The zero-order chi connectivity index (χ0) is 12.5. The molecular formula is C12H13F3N2. The van der Waals surface area contributed by atoms with Gasteiger partial charge in [0.2, 0.25) is 0 Å². The topological polar surface area (TPSA) is 24.4 Å². The zero-order valence-electron chi connectivity index (χ0n) is 9.38. The molecule has 1 aromatic rings. The zero-order valence-corrected chi connectivity index (χ0v) is 9.38. The van der Waals surface area contributed by atoms with Crippen LogP contribution in [0.25, 0.3) is 0 Å². The quantitative estimate of drug-likeness (QED) is 0.630. The van der Waals surface area contributed by atoms with E-state index < -0.39 is 11.7 Å². The van der Waals surface area contributed by atoms with Crippen LogP contribution in [0.1, 0.15) is 25.3 Å². The number of benzene rings is 1. The third kappa shape index (κ3) is 3.22. The second-order valence-electron chi connectivity index (χ2n) is 4.22. The minimum atomic E-state index is -4.31. The van der Waals surface area contributed by atoms with Gasteiger partial charge in [0.25, 0.3) is 0 Å². The lowest BCUT2D eigenvalue weighted by molar-refractivity contribution is -0.137. The van der Waals surface area contributed by atoms with Gasteiger partial charge in [-0.05, 0) is 43.9 Å². The standard InChI is InChI=1S/C12H13F3N2/c1-8(9-5-6-9)16-17-11-4-2-3-10(7-11)12(13,14)15/h2-4,7,9,17H,5-6H2,1H3/b16-8-. The molecule has 5 heteroatoms. The first kappa shape index (κ1) is 12.0. The normalized spacial score (nSPS) is 17.1. The van der Waals surface area contributed by atoms with Crippen molar-refractivity contribution in [1.82, 2.24) is 0 Å². The number of hydrogen-bond acceptors (Lipinski definition) is 2. The Morgan fingerprint density at radius 2 is 2.06 bits per heavy atom. The van der Waals surface area contributed by atoms with Crippen LogP contribution >= 0.6 is 0 Å². The maximum absolute atomic E-state index is 12.4. The van der Waals surface area contributed by atoms with E-state index in [1.807, 2.05) is 6.92 Å². The molecule has 0 aliphatic heterocycles. The summed E-state index contributed by atoms with van der Waals surface area (Å²) in [5.41, 5.74) is 3.31. The van der Waals surface area contributed by atoms with Gasteiger partial charge in [-0.3, -0.25) is 5.43 Å². The molecule has 1 saturated carbocycles. The van der Waals surface area contributed by atoms with Crippen molar-refractivity contribution in [3.8, 4) is 0 Å². The first-order chi connectivity index (χ1) is 7.97. The maximum Gasteiger partial charge on any atom is 0.416 e. The van der Waals surface area contributed by atoms with E-state index in [2.05, 4.69) is 10.5 Å². The van der Waals surface area contributed by atoms with Crippen LogP contribution in [0, 0.1) is 5.92 Å². The van der Waals surface area contributed by atoms with Gasteiger partial charge in [-0.25, -0.2) is 0 Å². The van der Waals surface area contributed by atoms with Crippen molar-refractivity contribution in [1.29, 1.82) is 0 Å². The third-order valence-electron chi connectivity index (χ3n) is 2.72. The van der Waals surface area contributed by atoms with Gasteiger partial charge in [0, 0.05) is 5.71 Å². The molecule has 2 rings (SSSR count). The van der Waals surface area contributed by atoms with Gasteiger partial charge in [0.05, 0.1) is 11.3 Å². The highest BCUT2D eigenvalue weighted by molar-refractivity contribution is 5.86. The number of hydrazone groups is 1. The van der Waals surface area contributed by atoms with E-state index in [0.717, 1.165) is 30.7 Å². The number of alkyl halides is 3. The average Bonchev–Trinajstić information content (AvgIpc) is 3.09. The maximum atomic E-state index is 12.4. The number of hydrogen-bond donors (Lipinski definition) is 1. The summed E-state index contributed by atoms with van der Waals surface area (Å²) in [6, 6.07) is 5.04. The fraction of sp³-hybridized carbons (Fsp3) is 0.417. The molecule has 2 nitrogen and oxygen atoms in total. The highest BCUT2D eigenvalue weighted by Crippen LogP contribution is 2.32. The van der Waals surface area contributed by atoms with Crippen molar-refractivity contribution >= 4 is 11.4 Å². The van der Waals surface area contributed by atoms with Crippen molar-refractivity contribution < 1.29 is 13.2 Å². The Labute approximate surface area is 97.5 Å². The molecule has 17 heavy (non-hydrogen) atoms. The highest BCUT2D eigenvalue weighted by atomic mass is 19.4. The first-order valence-corrected chi connectivity index (χ1v) is 5.44. The molecule has 1 aromatic carbocycles. The molecule has 0 unspecified atom stereocenters. The summed E-state index contributed by atoms with van der Waals surface area (Å²) in [6.07, 6.45) is -2.06. The molecule has 0 spiro atoms. The van der Waals surface area contributed by atoms with E-state index in [0.29, 0.717) is 11.6 Å². The Kier molecular flexibility index (Phi) is 3.09. The van der Waals surface area contributed by atoms with Gasteiger partial charge in [-0.1, -0.05) is 6.07 Å². The van der Waals surface area contributed by atoms with Gasteiger partial charge >= 0.3 is 6.18 Å². The van der Waals surface area contributed by atoms with Gasteiger partial charge in [-0.15, -0.1) is 0 Å². The summed E-state index contributed by atoms with van der Waals surface area (Å²) in [7, 11) is 0. The predicted octanol–water partition coefficient (Wildman–Crippen LogP) is 3.90. The second kappa shape index (κ2) is 4.39. The summed E-state index contributed by atoms with van der Waals surface area (Å²) < 4.78 is 37.3. The lowest BCUT2D eigenvalue weighted by Gasteiger charge is -2.08.